The highest BCUT2D eigenvalue weighted by Gasteiger charge is 2.15. The lowest BCUT2D eigenvalue weighted by atomic mass is 10.1. The maximum absolute atomic E-state index is 11.8. The molecule has 0 aliphatic rings. The number of benzene rings is 1. The van der Waals surface area contributed by atoms with Gasteiger partial charge in [-0.3, -0.25) is 9.59 Å². The quantitative estimate of drug-likeness (QED) is 0.727. The van der Waals surface area contributed by atoms with Gasteiger partial charge in [-0.05, 0) is 11.6 Å². The third kappa shape index (κ3) is 2.80. The molecule has 1 atom stereocenters. The lowest BCUT2D eigenvalue weighted by Gasteiger charge is -2.11. The summed E-state index contributed by atoms with van der Waals surface area (Å²) < 4.78 is 0. The number of carbonyl (C=O) groups excluding carboxylic acids is 1. The van der Waals surface area contributed by atoms with E-state index in [0.29, 0.717) is 5.56 Å². The van der Waals surface area contributed by atoms with Crippen molar-refractivity contribution in [1.82, 2.24) is 10.2 Å². The number of nitrogens with zero attached hydrogens (tertiary/aromatic N) is 1. The van der Waals surface area contributed by atoms with Gasteiger partial charge in [0, 0.05) is 6.07 Å². The number of nitrogens with two attached hydrogens (primary N) is 1. The number of aromatic nitrogens is 2. The Hall–Kier alpha value is -2.47. The van der Waals surface area contributed by atoms with Crippen LogP contribution in [0.2, 0.25) is 0 Å². The van der Waals surface area contributed by atoms with E-state index in [1.807, 2.05) is 6.07 Å². The Morgan fingerprint density at radius 1 is 1.22 bits per heavy atom. The molecule has 0 fully saturated rings. The summed E-state index contributed by atoms with van der Waals surface area (Å²) in [6, 6.07) is 10.9. The van der Waals surface area contributed by atoms with E-state index >= 15 is 0 Å². The normalized spacial score (nSPS) is 11.8. The Morgan fingerprint density at radius 3 is 2.56 bits per heavy atom. The average Bonchev–Trinajstić information content (AvgIpc) is 2.41. The number of amides is 1. The van der Waals surface area contributed by atoms with Crippen molar-refractivity contribution in [2.75, 3.05) is 5.32 Å². The van der Waals surface area contributed by atoms with Gasteiger partial charge in [-0.25, -0.2) is 5.10 Å². The van der Waals surface area contributed by atoms with Gasteiger partial charge in [-0.2, -0.15) is 5.10 Å². The molecule has 0 saturated heterocycles. The molecule has 2 aromatic rings. The van der Waals surface area contributed by atoms with Crippen LogP contribution >= 0.6 is 0 Å². The molecule has 0 aliphatic carbocycles. The van der Waals surface area contributed by atoms with Gasteiger partial charge >= 0.3 is 0 Å². The molecule has 0 radical (unpaired) electrons. The highest BCUT2D eigenvalue weighted by molar-refractivity contribution is 5.94. The fourth-order valence-corrected chi connectivity index (χ4v) is 1.43. The topological polar surface area (TPSA) is 101 Å². The second kappa shape index (κ2) is 5.24. The molecule has 6 heteroatoms. The van der Waals surface area contributed by atoms with Crippen LogP contribution in [-0.4, -0.2) is 16.1 Å². The van der Waals surface area contributed by atoms with E-state index in [4.69, 9.17) is 5.73 Å². The zero-order valence-electron chi connectivity index (χ0n) is 9.46. The summed E-state index contributed by atoms with van der Waals surface area (Å²) in [4.78, 5) is 22.6. The van der Waals surface area contributed by atoms with E-state index in [2.05, 4.69) is 15.5 Å². The largest absolute Gasteiger partial charge is 0.316 e. The Balaban J connectivity index is 2.08. The molecule has 18 heavy (non-hydrogen) atoms. The Bertz CT molecular complexity index is 574. The fourth-order valence-electron chi connectivity index (χ4n) is 1.43. The molecule has 0 bridgehead atoms. The van der Waals surface area contributed by atoms with Gasteiger partial charge in [0.2, 0.25) is 5.91 Å². The first-order chi connectivity index (χ1) is 8.66. The summed E-state index contributed by atoms with van der Waals surface area (Å²) >= 11 is 0. The van der Waals surface area contributed by atoms with Crippen molar-refractivity contribution in [2.45, 2.75) is 6.04 Å². The van der Waals surface area contributed by atoms with E-state index in [9.17, 15) is 9.59 Å². The van der Waals surface area contributed by atoms with Crippen molar-refractivity contribution in [2.24, 2.45) is 5.73 Å². The third-order valence-corrected chi connectivity index (χ3v) is 2.37. The number of rotatable bonds is 3. The molecule has 4 N–H and O–H groups in total. The summed E-state index contributed by atoms with van der Waals surface area (Å²) in [6.07, 6.45) is 0. The van der Waals surface area contributed by atoms with Crippen LogP contribution in [0.5, 0.6) is 0 Å². The summed E-state index contributed by atoms with van der Waals surface area (Å²) in [5.74, 6) is -0.133. The highest BCUT2D eigenvalue weighted by atomic mass is 16.2. The predicted octanol–water partition coefficient (Wildman–Crippen LogP) is 0.408. The zero-order chi connectivity index (χ0) is 13.0. The van der Waals surface area contributed by atoms with E-state index in [1.165, 1.54) is 12.1 Å². The van der Waals surface area contributed by atoms with Gasteiger partial charge in [0.05, 0.1) is 0 Å². The van der Waals surface area contributed by atoms with E-state index in [-0.39, 0.29) is 17.3 Å². The van der Waals surface area contributed by atoms with Crippen LogP contribution in [0.4, 0.5) is 5.82 Å². The van der Waals surface area contributed by atoms with Crippen molar-refractivity contribution < 1.29 is 4.79 Å². The van der Waals surface area contributed by atoms with E-state index in [1.54, 1.807) is 24.3 Å². The van der Waals surface area contributed by atoms with Crippen molar-refractivity contribution in [1.29, 1.82) is 0 Å². The van der Waals surface area contributed by atoms with Crippen LogP contribution < -0.4 is 16.6 Å². The first kappa shape index (κ1) is 12.0. The summed E-state index contributed by atoms with van der Waals surface area (Å²) in [6.45, 7) is 0. The lowest BCUT2D eigenvalue weighted by molar-refractivity contribution is -0.117. The van der Waals surface area contributed by atoms with Crippen LogP contribution in [0.15, 0.2) is 47.3 Å². The molecular weight excluding hydrogens is 232 g/mol. The van der Waals surface area contributed by atoms with Crippen molar-refractivity contribution in [3.05, 3.63) is 58.4 Å². The summed E-state index contributed by atoms with van der Waals surface area (Å²) in [7, 11) is 0. The van der Waals surface area contributed by atoms with Gasteiger partial charge in [0.25, 0.3) is 5.56 Å². The SMILES string of the molecule is N[C@@H](C(=O)Nc1ccc(=O)[nH]n1)c1ccccc1. The molecule has 92 valence electrons. The number of anilines is 1. The molecule has 1 amide bonds. The van der Waals surface area contributed by atoms with Gasteiger partial charge in [-0.15, -0.1) is 0 Å². The van der Waals surface area contributed by atoms with Gasteiger partial charge < -0.3 is 11.1 Å². The number of nitrogens with one attached hydrogen (secondary N) is 2. The second-order valence-corrected chi connectivity index (χ2v) is 3.68. The Morgan fingerprint density at radius 2 is 1.94 bits per heavy atom. The number of aromatic amines is 1. The van der Waals surface area contributed by atoms with Gasteiger partial charge in [0.1, 0.15) is 6.04 Å². The van der Waals surface area contributed by atoms with Crippen LogP contribution in [-0.2, 0) is 4.79 Å². The summed E-state index contributed by atoms with van der Waals surface area (Å²) in [5, 5.41) is 8.41. The molecule has 0 spiro atoms. The lowest BCUT2D eigenvalue weighted by Crippen LogP contribution is -2.28. The van der Waals surface area contributed by atoms with Gasteiger partial charge in [0.15, 0.2) is 5.82 Å². The molecule has 1 heterocycles. The fraction of sp³-hybridized carbons (Fsp3) is 0.0833. The summed E-state index contributed by atoms with van der Waals surface area (Å²) in [5.41, 5.74) is 6.18. The number of H-pyrrole nitrogens is 1. The Kier molecular flexibility index (Phi) is 3.49. The first-order valence-corrected chi connectivity index (χ1v) is 5.34. The molecule has 2 rings (SSSR count). The van der Waals surface area contributed by atoms with E-state index < -0.39 is 6.04 Å². The predicted molar refractivity (Wildman–Crippen MR) is 66.9 cm³/mol. The standard InChI is InChI=1S/C12H12N4O2/c13-11(8-4-2-1-3-5-8)12(18)14-9-6-7-10(17)16-15-9/h1-7,11H,13H2,(H,16,17)(H,14,15,18)/t11-/m1/s1. The van der Waals surface area contributed by atoms with E-state index in [0.717, 1.165) is 0 Å². The molecular formula is C12H12N4O2. The molecule has 0 saturated carbocycles. The first-order valence-electron chi connectivity index (χ1n) is 5.34. The van der Waals surface area contributed by atoms with Crippen molar-refractivity contribution in [3.63, 3.8) is 0 Å². The Labute approximate surface area is 103 Å². The molecule has 6 nitrogen and oxygen atoms in total. The smallest absolute Gasteiger partial charge is 0.264 e. The minimum absolute atomic E-state index is 0.256. The maximum Gasteiger partial charge on any atom is 0.264 e. The zero-order valence-corrected chi connectivity index (χ0v) is 9.46. The third-order valence-electron chi connectivity index (χ3n) is 2.37. The number of carbonyl (C=O) groups is 1. The maximum atomic E-state index is 11.8. The number of hydrogen-bond acceptors (Lipinski definition) is 4. The molecule has 1 aromatic heterocycles. The van der Waals surface area contributed by atoms with Crippen LogP contribution in [0.1, 0.15) is 11.6 Å². The van der Waals surface area contributed by atoms with Crippen LogP contribution in [0, 0.1) is 0 Å². The van der Waals surface area contributed by atoms with Gasteiger partial charge in [-0.1, -0.05) is 30.3 Å². The molecule has 1 aromatic carbocycles. The average molecular weight is 244 g/mol. The highest BCUT2D eigenvalue weighted by Crippen LogP contribution is 2.11. The van der Waals surface area contributed by atoms with Crippen molar-refractivity contribution >= 4 is 11.7 Å². The molecule has 0 unspecified atom stereocenters. The number of hydrogen-bond donors (Lipinski definition) is 3. The second-order valence-electron chi connectivity index (χ2n) is 3.68. The monoisotopic (exact) mass is 244 g/mol. The van der Waals surface area contributed by atoms with Crippen LogP contribution in [0.3, 0.4) is 0 Å². The molecule has 0 aliphatic heterocycles. The van der Waals surface area contributed by atoms with Crippen LogP contribution in [0.25, 0.3) is 0 Å². The minimum atomic E-state index is -0.778. The minimum Gasteiger partial charge on any atom is -0.316 e. The van der Waals surface area contributed by atoms with Crippen molar-refractivity contribution in [3.8, 4) is 0 Å².